The van der Waals surface area contributed by atoms with E-state index in [1.165, 1.54) is 0 Å². The lowest BCUT2D eigenvalue weighted by molar-refractivity contribution is -0.127. The Kier molecular flexibility index (Phi) is 6.87. The quantitative estimate of drug-likeness (QED) is 0.764. The number of hydrogen-bond donors (Lipinski definition) is 1. The molecular weight excluding hydrogens is 316 g/mol. The zero-order chi connectivity index (χ0) is 17.5. The molecule has 0 aliphatic carbocycles. The third-order valence-electron chi connectivity index (χ3n) is 5.52. The molecule has 140 valence electrons. The van der Waals surface area contributed by atoms with Crippen molar-refractivity contribution in [3.05, 3.63) is 18.2 Å². The summed E-state index contributed by atoms with van der Waals surface area (Å²) in [6.45, 7) is 7.56. The molecule has 2 saturated heterocycles. The van der Waals surface area contributed by atoms with E-state index in [0.717, 1.165) is 83.7 Å². The van der Waals surface area contributed by atoms with Crippen LogP contribution in [0.1, 0.15) is 44.9 Å². The first-order chi connectivity index (χ1) is 12.3. The molecule has 0 unspecified atom stereocenters. The Morgan fingerprint density at radius 1 is 1.36 bits per heavy atom. The summed E-state index contributed by atoms with van der Waals surface area (Å²) >= 11 is 0. The number of imidazole rings is 1. The predicted molar refractivity (Wildman–Crippen MR) is 97.4 cm³/mol. The first-order valence-corrected chi connectivity index (χ1v) is 9.87. The molecule has 3 rings (SSSR count). The van der Waals surface area contributed by atoms with Crippen LogP contribution in [0.3, 0.4) is 0 Å². The Balaban J connectivity index is 1.38. The van der Waals surface area contributed by atoms with Crippen molar-refractivity contribution in [1.29, 1.82) is 0 Å². The molecule has 0 spiro atoms. The van der Waals surface area contributed by atoms with Crippen LogP contribution < -0.4 is 5.32 Å². The van der Waals surface area contributed by atoms with Gasteiger partial charge in [0, 0.05) is 57.7 Å². The summed E-state index contributed by atoms with van der Waals surface area (Å²) in [6.07, 6.45) is 10.1. The van der Waals surface area contributed by atoms with Gasteiger partial charge in [0.05, 0.1) is 5.92 Å². The smallest absolute Gasteiger partial charge is 0.224 e. The lowest BCUT2D eigenvalue weighted by atomic mass is 9.94. The first-order valence-electron chi connectivity index (χ1n) is 9.87. The van der Waals surface area contributed by atoms with E-state index in [9.17, 15) is 4.79 Å². The first kappa shape index (κ1) is 18.4. The number of hydrogen-bond acceptors (Lipinski definition) is 4. The molecular formula is C19H32N4O2. The lowest BCUT2D eigenvalue weighted by Crippen LogP contribution is -2.48. The van der Waals surface area contributed by atoms with Gasteiger partial charge in [-0.1, -0.05) is 6.92 Å². The Bertz CT molecular complexity index is 539. The van der Waals surface area contributed by atoms with Gasteiger partial charge in [-0.05, 0) is 38.6 Å². The molecule has 0 aromatic carbocycles. The maximum atomic E-state index is 12.5. The number of nitrogens with zero attached hydrogens (tertiary/aromatic N) is 3. The van der Waals surface area contributed by atoms with Crippen molar-refractivity contribution in [3.8, 4) is 0 Å². The van der Waals surface area contributed by atoms with Gasteiger partial charge in [-0.3, -0.25) is 9.69 Å². The molecule has 0 saturated carbocycles. The predicted octanol–water partition coefficient (Wildman–Crippen LogP) is 1.84. The molecule has 1 atom stereocenters. The van der Waals surface area contributed by atoms with E-state index < -0.39 is 0 Å². The van der Waals surface area contributed by atoms with Gasteiger partial charge in [-0.25, -0.2) is 4.98 Å². The number of piperidine rings is 1. The number of aryl methyl sites for hydroxylation is 2. The second-order valence-corrected chi connectivity index (χ2v) is 7.21. The van der Waals surface area contributed by atoms with E-state index in [1.54, 1.807) is 0 Å². The number of rotatable bonds is 7. The molecule has 2 fully saturated rings. The number of carbonyl (C=O) groups is 1. The van der Waals surface area contributed by atoms with Crippen LogP contribution in [0.5, 0.6) is 0 Å². The fourth-order valence-electron chi connectivity index (χ4n) is 4.07. The van der Waals surface area contributed by atoms with Crippen molar-refractivity contribution in [1.82, 2.24) is 19.8 Å². The topological polar surface area (TPSA) is 59.4 Å². The molecule has 0 bridgehead atoms. The van der Waals surface area contributed by atoms with Crippen molar-refractivity contribution >= 4 is 5.91 Å². The van der Waals surface area contributed by atoms with Crippen molar-refractivity contribution in [2.45, 2.75) is 58.0 Å². The number of carbonyl (C=O) groups excluding carboxylic acids is 1. The van der Waals surface area contributed by atoms with Crippen LogP contribution in [-0.2, 0) is 22.5 Å². The van der Waals surface area contributed by atoms with Gasteiger partial charge in [0.15, 0.2) is 0 Å². The molecule has 25 heavy (non-hydrogen) atoms. The van der Waals surface area contributed by atoms with Gasteiger partial charge in [-0.15, -0.1) is 0 Å². The van der Waals surface area contributed by atoms with Crippen LogP contribution in [0.2, 0.25) is 0 Å². The number of ether oxygens (including phenoxy) is 1. The largest absolute Gasteiger partial charge is 0.381 e. The van der Waals surface area contributed by atoms with E-state index in [4.69, 9.17) is 4.74 Å². The van der Waals surface area contributed by atoms with Crippen LogP contribution in [0.25, 0.3) is 0 Å². The van der Waals surface area contributed by atoms with E-state index in [0.29, 0.717) is 6.04 Å². The van der Waals surface area contributed by atoms with Crippen LogP contribution in [0, 0.1) is 5.92 Å². The lowest BCUT2D eigenvalue weighted by Gasteiger charge is -2.39. The normalized spacial score (nSPS) is 22.8. The number of likely N-dealkylation sites (tertiary alicyclic amines) is 1. The zero-order valence-corrected chi connectivity index (χ0v) is 15.5. The molecule has 1 N–H and O–H groups in total. The Labute approximate surface area is 150 Å². The van der Waals surface area contributed by atoms with Crippen molar-refractivity contribution in [3.63, 3.8) is 0 Å². The van der Waals surface area contributed by atoms with E-state index in [2.05, 4.69) is 26.7 Å². The number of aromatic nitrogens is 2. The van der Waals surface area contributed by atoms with Gasteiger partial charge < -0.3 is 14.6 Å². The second-order valence-electron chi connectivity index (χ2n) is 7.21. The minimum atomic E-state index is 0.149. The highest BCUT2D eigenvalue weighted by atomic mass is 16.5. The monoisotopic (exact) mass is 348 g/mol. The maximum absolute atomic E-state index is 12.5. The summed E-state index contributed by atoms with van der Waals surface area (Å²) in [5.74, 6) is 1.50. The summed E-state index contributed by atoms with van der Waals surface area (Å²) in [5, 5.41) is 3.15. The van der Waals surface area contributed by atoms with Gasteiger partial charge in [0.1, 0.15) is 5.82 Å². The fourth-order valence-corrected chi connectivity index (χ4v) is 4.07. The summed E-state index contributed by atoms with van der Waals surface area (Å²) < 4.78 is 7.65. The van der Waals surface area contributed by atoms with Gasteiger partial charge >= 0.3 is 0 Å². The average Bonchev–Trinajstić information content (AvgIpc) is 3.13. The van der Waals surface area contributed by atoms with E-state index in [1.807, 2.05) is 12.4 Å². The molecule has 1 aromatic heterocycles. The second kappa shape index (κ2) is 9.34. The third kappa shape index (κ3) is 5.05. The highest BCUT2D eigenvalue weighted by molar-refractivity contribution is 5.78. The summed E-state index contributed by atoms with van der Waals surface area (Å²) in [7, 11) is 0. The minimum Gasteiger partial charge on any atom is -0.381 e. The van der Waals surface area contributed by atoms with Crippen LogP contribution in [-0.4, -0.2) is 59.2 Å². The highest BCUT2D eigenvalue weighted by Gasteiger charge is 2.30. The highest BCUT2D eigenvalue weighted by Crippen LogP contribution is 2.23. The molecule has 2 aliphatic rings. The SMILES string of the molecule is CCc1nccn1CCCNC(=O)[C@@H]1CCCN(C2CCOCC2)C1. The molecule has 6 heteroatoms. The summed E-state index contributed by atoms with van der Waals surface area (Å²) in [4.78, 5) is 19.4. The van der Waals surface area contributed by atoms with E-state index in [-0.39, 0.29) is 11.8 Å². The van der Waals surface area contributed by atoms with Crippen LogP contribution >= 0.6 is 0 Å². The molecule has 1 amide bonds. The Morgan fingerprint density at radius 3 is 3.00 bits per heavy atom. The zero-order valence-electron chi connectivity index (χ0n) is 15.5. The summed E-state index contributed by atoms with van der Waals surface area (Å²) in [6, 6.07) is 0.609. The molecule has 0 radical (unpaired) electrons. The van der Waals surface area contributed by atoms with Gasteiger partial charge in [0.25, 0.3) is 0 Å². The summed E-state index contributed by atoms with van der Waals surface area (Å²) in [5.41, 5.74) is 0. The minimum absolute atomic E-state index is 0.149. The maximum Gasteiger partial charge on any atom is 0.224 e. The van der Waals surface area contributed by atoms with Gasteiger partial charge in [-0.2, -0.15) is 0 Å². The number of amides is 1. The van der Waals surface area contributed by atoms with Gasteiger partial charge in [0.2, 0.25) is 5.91 Å². The molecule has 2 aliphatic heterocycles. The Hall–Kier alpha value is -1.40. The van der Waals surface area contributed by atoms with Crippen LogP contribution in [0.4, 0.5) is 0 Å². The van der Waals surface area contributed by atoms with Crippen molar-refractivity contribution < 1.29 is 9.53 Å². The standard InChI is InChI=1S/C19H32N4O2/c1-2-18-20-9-12-22(18)11-4-8-21-19(24)16-5-3-10-23(15-16)17-6-13-25-14-7-17/h9,12,16-17H,2-8,10-11,13-15H2,1H3,(H,21,24)/t16-/m1/s1. The third-order valence-corrected chi connectivity index (χ3v) is 5.52. The average molecular weight is 348 g/mol. The molecule has 6 nitrogen and oxygen atoms in total. The van der Waals surface area contributed by atoms with Crippen molar-refractivity contribution in [2.75, 3.05) is 32.8 Å². The Morgan fingerprint density at radius 2 is 2.20 bits per heavy atom. The van der Waals surface area contributed by atoms with Crippen molar-refractivity contribution in [2.24, 2.45) is 5.92 Å². The molecule has 3 heterocycles. The van der Waals surface area contributed by atoms with Crippen LogP contribution in [0.15, 0.2) is 12.4 Å². The van der Waals surface area contributed by atoms with E-state index >= 15 is 0 Å². The number of nitrogens with one attached hydrogen (secondary N) is 1. The fraction of sp³-hybridized carbons (Fsp3) is 0.789. The molecule has 1 aromatic rings.